The summed E-state index contributed by atoms with van der Waals surface area (Å²) in [7, 11) is -4.81. The number of hydrogen-bond donors (Lipinski definition) is 2. The molecule has 6 atom stereocenters. The van der Waals surface area contributed by atoms with Crippen LogP contribution in [0.3, 0.4) is 0 Å². The number of phosphoric acid groups is 1. The van der Waals surface area contributed by atoms with Crippen molar-refractivity contribution in [3.63, 3.8) is 0 Å². The zero-order valence-corrected chi connectivity index (χ0v) is 20.5. The summed E-state index contributed by atoms with van der Waals surface area (Å²) < 4.78 is 44.1. The number of carbonyl (C=O) groups is 4. The average molecular weight is 517 g/mol. The van der Waals surface area contributed by atoms with Gasteiger partial charge in [0, 0.05) is 27.7 Å². The fourth-order valence-corrected chi connectivity index (χ4v) is 4.09. The number of carbonyl (C=O) groups excluding carboxylic acids is 4. The van der Waals surface area contributed by atoms with E-state index in [4.69, 9.17) is 28.0 Å². The van der Waals surface area contributed by atoms with Crippen LogP contribution in [0.25, 0.3) is 0 Å². The molecule has 1 aromatic carbocycles. The highest BCUT2D eigenvalue weighted by Gasteiger charge is 2.53. The molecule has 1 aromatic rings. The molecule has 1 amide bonds. The third-order valence-corrected chi connectivity index (χ3v) is 5.48. The smallest absolute Gasteiger partial charge is 0.463 e. The quantitative estimate of drug-likeness (QED) is 0.256. The van der Waals surface area contributed by atoms with Crippen molar-refractivity contribution < 1.29 is 56.6 Å². The van der Waals surface area contributed by atoms with E-state index in [1.807, 2.05) is 0 Å². The van der Waals surface area contributed by atoms with Crippen LogP contribution in [0, 0.1) is 0 Å². The molecule has 0 saturated carbocycles. The Morgan fingerprint density at radius 2 is 1.57 bits per heavy atom. The van der Waals surface area contributed by atoms with Gasteiger partial charge in [0.15, 0.2) is 18.5 Å². The number of amides is 1. The molecule has 194 valence electrons. The summed E-state index contributed by atoms with van der Waals surface area (Å²) >= 11 is 0. The van der Waals surface area contributed by atoms with Gasteiger partial charge in [0.2, 0.25) is 5.91 Å². The summed E-state index contributed by atoms with van der Waals surface area (Å²) in [4.78, 5) is 57.1. The average Bonchev–Trinajstić information content (AvgIpc) is 2.75. The molecule has 0 aliphatic carbocycles. The number of phosphoric ester groups is 1. The van der Waals surface area contributed by atoms with Gasteiger partial charge in [-0.1, -0.05) is 30.3 Å². The molecule has 1 heterocycles. The highest BCUT2D eigenvalue weighted by atomic mass is 31.2. The van der Waals surface area contributed by atoms with Gasteiger partial charge in [0.1, 0.15) is 18.8 Å². The van der Waals surface area contributed by atoms with Crippen molar-refractivity contribution in [2.75, 3.05) is 6.61 Å². The number of ether oxygens (including phenoxy) is 4. The summed E-state index contributed by atoms with van der Waals surface area (Å²) in [6.07, 6.45) is -5.83. The topological polar surface area (TPSA) is 173 Å². The maximum atomic E-state index is 12.7. The lowest BCUT2D eigenvalue weighted by Gasteiger charge is -2.44. The van der Waals surface area contributed by atoms with E-state index in [0.717, 1.165) is 27.7 Å². The molecule has 13 nitrogen and oxygen atoms in total. The first-order valence-electron chi connectivity index (χ1n) is 10.5. The molecule has 0 aromatic heterocycles. The molecular formula is C21H28NO12P. The second kappa shape index (κ2) is 12.8. The lowest BCUT2D eigenvalue weighted by molar-refractivity contribution is -0.260. The molecule has 1 fully saturated rings. The summed E-state index contributed by atoms with van der Waals surface area (Å²) in [5.41, 5.74) is 0.578. The first kappa shape index (κ1) is 28.4. The van der Waals surface area contributed by atoms with Gasteiger partial charge in [-0.2, -0.15) is 0 Å². The van der Waals surface area contributed by atoms with Crippen molar-refractivity contribution in [1.29, 1.82) is 0 Å². The minimum absolute atomic E-state index is 0.285. The second-order valence-electron chi connectivity index (χ2n) is 7.55. The zero-order chi connectivity index (χ0) is 26.2. The monoisotopic (exact) mass is 517 g/mol. The predicted octanol–water partition coefficient (Wildman–Crippen LogP) is 0.976. The van der Waals surface area contributed by atoms with Crippen molar-refractivity contribution >= 4 is 31.6 Å². The van der Waals surface area contributed by atoms with Gasteiger partial charge < -0.3 is 29.2 Å². The Morgan fingerprint density at radius 3 is 2.11 bits per heavy atom. The van der Waals surface area contributed by atoms with Gasteiger partial charge in [-0.05, 0) is 5.56 Å². The van der Waals surface area contributed by atoms with Gasteiger partial charge >= 0.3 is 25.7 Å². The largest absolute Gasteiger partial charge is 0.474 e. The van der Waals surface area contributed by atoms with Crippen molar-refractivity contribution in [3.05, 3.63) is 35.9 Å². The van der Waals surface area contributed by atoms with E-state index in [1.165, 1.54) is 0 Å². The van der Waals surface area contributed by atoms with Crippen LogP contribution in [-0.2, 0) is 58.3 Å². The molecule has 0 bridgehead atoms. The van der Waals surface area contributed by atoms with E-state index >= 15 is 0 Å². The molecule has 2 N–H and O–H groups in total. The Hall–Kier alpha value is -2.83. The third-order valence-electron chi connectivity index (χ3n) is 4.55. The number of rotatable bonds is 10. The van der Waals surface area contributed by atoms with Gasteiger partial charge in [-0.15, -0.1) is 0 Å². The van der Waals surface area contributed by atoms with Crippen LogP contribution in [0.1, 0.15) is 33.3 Å². The number of hydrogen-bond acceptors (Lipinski definition) is 11. The van der Waals surface area contributed by atoms with Crippen molar-refractivity contribution in [2.24, 2.45) is 0 Å². The van der Waals surface area contributed by atoms with Crippen LogP contribution in [0.5, 0.6) is 0 Å². The highest BCUT2D eigenvalue weighted by Crippen LogP contribution is 2.47. The predicted molar refractivity (Wildman–Crippen MR) is 116 cm³/mol. The molecule has 1 saturated heterocycles. The van der Waals surface area contributed by atoms with Crippen LogP contribution in [0.15, 0.2) is 30.3 Å². The first-order valence-corrected chi connectivity index (χ1v) is 12.0. The van der Waals surface area contributed by atoms with Gasteiger partial charge in [-0.25, -0.2) is 4.57 Å². The standard InChI is InChI=1S/C21H28NO12P/c1-12(23)22-18-20(32-15(4)26)19(31-14(3)25)17(11-29-13(2)24)33-21(18)34-35(27,28)30-10-16-8-6-5-7-9-16/h5-9,17-21H,10-11H2,1-4H3,(H,22,23)(H,27,28). The van der Waals surface area contributed by atoms with E-state index in [0.29, 0.717) is 5.56 Å². The number of nitrogens with one attached hydrogen (secondary N) is 1. The molecule has 2 rings (SSSR count). The summed E-state index contributed by atoms with van der Waals surface area (Å²) in [5.74, 6) is -2.94. The maximum Gasteiger partial charge on any atom is 0.474 e. The molecular weight excluding hydrogens is 489 g/mol. The molecule has 35 heavy (non-hydrogen) atoms. The van der Waals surface area contributed by atoms with Crippen LogP contribution in [-0.4, -0.2) is 66.0 Å². The van der Waals surface area contributed by atoms with Crippen LogP contribution >= 0.6 is 7.82 Å². The van der Waals surface area contributed by atoms with E-state index in [1.54, 1.807) is 30.3 Å². The van der Waals surface area contributed by atoms with Gasteiger partial charge in [-0.3, -0.25) is 28.2 Å². The van der Waals surface area contributed by atoms with Crippen LogP contribution in [0.4, 0.5) is 0 Å². The summed E-state index contributed by atoms with van der Waals surface area (Å²) in [5, 5.41) is 2.42. The van der Waals surface area contributed by atoms with Crippen LogP contribution < -0.4 is 5.32 Å². The van der Waals surface area contributed by atoms with E-state index < -0.39 is 68.9 Å². The molecule has 1 aliphatic rings. The van der Waals surface area contributed by atoms with Crippen molar-refractivity contribution in [1.82, 2.24) is 5.32 Å². The lowest BCUT2D eigenvalue weighted by Crippen LogP contribution is -2.66. The molecule has 14 heteroatoms. The molecule has 0 radical (unpaired) electrons. The Bertz CT molecular complexity index is 955. The van der Waals surface area contributed by atoms with Gasteiger partial charge in [0.05, 0.1) is 6.61 Å². The summed E-state index contributed by atoms with van der Waals surface area (Å²) in [6, 6.07) is 7.08. The number of benzene rings is 1. The fourth-order valence-electron chi connectivity index (χ4n) is 3.27. The highest BCUT2D eigenvalue weighted by molar-refractivity contribution is 7.47. The van der Waals surface area contributed by atoms with E-state index in [2.05, 4.69) is 5.32 Å². The third kappa shape index (κ3) is 9.38. The Kier molecular flexibility index (Phi) is 10.3. The molecule has 0 spiro atoms. The summed E-state index contributed by atoms with van der Waals surface area (Å²) in [6.45, 7) is 3.65. The van der Waals surface area contributed by atoms with E-state index in [-0.39, 0.29) is 6.61 Å². The maximum absolute atomic E-state index is 12.7. The molecule has 6 unspecified atom stereocenters. The first-order chi connectivity index (χ1) is 16.4. The second-order valence-corrected chi connectivity index (χ2v) is 8.96. The van der Waals surface area contributed by atoms with E-state index in [9.17, 15) is 28.6 Å². The Morgan fingerprint density at radius 1 is 0.971 bits per heavy atom. The lowest BCUT2D eigenvalue weighted by atomic mass is 9.96. The Labute approximate surface area is 201 Å². The SMILES string of the molecule is CC(=O)NC1C(OP(=O)(O)OCc2ccccc2)OC(COC(C)=O)C(OC(C)=O)C1OC(C)=O. The normalized spacial score (nSPS) is 25.6. The minimum atomic E-state index is -4.81. The zero-order valence-electron chi connectivity index (χ0n) is 19.6. The van der Waals surface area contributed by atoms with Crippen molar-refractivity contribution in [3.8, 4) is 0 Å². The van der Waals surface area contributed by atoms with Crippen LogP contribution in [0.2, 0.25) is 0 Å². The van der Waals surface area contributed by atoms with Gasteiger partial charge in [0.25, 0.3) is 0 Å². The van der Waals surface area contributed by atoms with Crippen molar-refractivity contribution in [2.45, 2.75) is 64.9 Å². The molecule has 1 aliphatic heterocycles. The number of esters is 3. The minimum Gasteiger partial charge on any atom is -0.463 e. The fraction of sp³-hybridized carbons (Fsp3) is 0.524. The Balaban J connectivity index is 2.36.